The van der Waals surface area contributed by atoms with Crippen LogP contribution in [0, 0.1) is 0 Å². The first-order chi connectivity index (χ1) is 12.8. The maximum Gasteiger partial charge on any atom is 0.245 e. The second kappa shape index (κ2) is 7.18. The van der Waals surface area contributed by atoms with Crippen molar-refractivity contribution in [3.8, 4) is 0 Å². The lowest BCUT2D eigenvalue weighted by molar-refractivity contribution is 0.314. The summed E-state index contributed by atoms with van der Waals surface area (Å²) in [6.07, 6.45) is 0.863. The molecule has 7 nitrogen and oxygen atoms in total. The Bertz CT molecular complexity index is 987. The van der Waals surface area contributed by atoms with Crippen molar-refractivity contribution in [2.75, 3.05) is 10.6 Å². The molecule has 0 aliphatic carbocycles. The predicted octanol–water partition coefficient (Wildman–Crippen LogP) is 3.80. The second-order valence-electron chi connectivity index (χ2n) is 6.06. The molecule has 2 N–H and O–H groups in total. The molecular weight excluding hydrogens is 328 g/mol. The zero-order chi connectivity index (χ0) is 17.8. The molecule has 0 unspecified atom stereocenters. The quantitative estimate of drug-likeness (QED) is 0.549. The summed E-state index contributed by atoms with van der Waals surface area (Å²) in [4.78, 5) is 9.00. The van der Waals surface area contributed by atoms with Gasteiger partial charge in [-0.2, -0.15) is 0 Å². The van der Waals surface area contributed by atoms with Crippen LogP contribution in [0.5, 0.6) is 0 Å². The Hall–Kier alpha value is -3.48. The fourth-order valence-corrected chi connectivity index (χ4v) is 2.74. The molecule has 0 bridgehead atoms. The van der Waals surface area contributed by atoms with Crippen molar-refractivity contribution in [2.24, 2.45) is 0 Å². The fourth-order valence-electron chi connectivity index (χ4n) is 2.74. The summed E-state index contributed by atoms with van der Waals surface area (Å²) >= 11 is 0. The minimum atomic E-state index is 0.153. The highest BCUT2D eigenvalue weighted by Gasteiger charge is 2.15. The van der Waals surface area contributed by atoms with Crippen molar-refractivity contribution >= 4 is 28.6 Å². The molecule has 0 saturated heterocycles. The lowest BCUT2D eigenvalue weighted by atomic mass is 10.1. The number of nitrogens with one attached hydrogen (secondary N) is 2. The van der Waals surface area contributed by atoms with Crippen molar-refractivity contribution < 1.29 is 4.63 Å². The van der Waals surface area contributed by atoms with Crippen LogP contribution in [0.4, 0.5) is 17.3 Å². The Morgan fingerprint density at radius 1 is 0.846 bits per heavy atom. The number of aromatic nitrogens is 4. The van der Waals surface area contributed by atoms with Gasteiger partial charge in [0.05, 0.1) is 0 Å². The van der Waals surface area contributed by atoms with Gasteiger partial charge in [0.2, 0.25) is 11.3 Å². The average molecular weight is 346 g/mol. The van der Waals surface area contributed by atoms with E-state index in [1.807, 2.05) is 48.5 Å². The van der Waals surface area contributed by atoms with E-state index in [1.54, 1.807) is 0 Å². The van der Waals surface area contributed by atoms with E-state index in [4.69, 9.17) is 4.63 Å². The maximum atomic E-state index is 4.75. The first-order valence-electron chi connectivity index (χ1n) is 8.41. The first-order valence-corrected chi connectivity index (χ1v) is 8.41. The maximum absolute atomic E-state index is 4.75. The second-order valence-corrected chi connectivity index (χ2v) is 6.06. The van der Waals surface area contributed by atoms with E-state index in [-0.39, 0.29) is 6.04 Å². The normalized spacial score (nSPS) is 12.0. The summed E-state index contributed by atoms with van der Waals surface area (Å²) in [5.41, 5.74) is 2.90. The van der Waals surface area contributed by atoms with Crippen molar-refractivity contribution in [3.63, 3.8) is 0 Å². The largest absolute Gasteiger partial charge is 0.364 e. The van der Waals surface area contributed by atoms with E-state index >= 15 is 0 Å². The molecule has 0 radical (unpaired) electrons. The number of hydrogen-bond acceptors (Lipinski definition) is 7. The lowest BCUT2D eigenvalue weighted by Gasteiger charge is -2.17. The van der Waals surface area contributed by atoms with Gasteiger partial charge in [-0.3, -0.25) is 0 Å². The third-order valence-electron chi connectivity index (χ3n) is 3.92. The number of fused-ring (bicyclic) bond motifs is 1. The third-order valence-corrected chi connectivity index (χ3v) is 3.92. The van der Waals surface area contributed by atoms with Gasteiger partial charge in [0.15, 0.2) is 11.6 Å². The minimum Gasteiger partial charge on any atom is -0.364 e. The van der Waals surface area contributed by atoms with Crippen molar-refractivity contribution in [2.45, 2.75) is 19.4 Å². The minimum absolute atomic E-state index is 0.153. The molecule has 0 spiro atoms. The number of nitrogens with zero attached hydrogens (tertiary/aromatic N) is 4. The molecule has 26 heavy (non-hydrogen) atoms. The van der Waals surface area contributed by atoms with E-state index < -0.39 is 0 Å². The van der Waals surface area contributed by atoms with Gasteiger partial charge in [0, 0.05) is 11.7 Å². The molecule has 2 aromatic carbocycles. The zero-order valence-electron chi connectivity index (χ0n) is 14.3. The molecule has 2 aromatic heterocycles. The van der Waals surface area contributed by atoms with Crippen molar-refractivity contribution in [3.05, 3.63) is 66.2 Å². The van der Waals surface area contributed by atoms with Crippen LogP contribution in [0.2, 0.25) is 0 Å². The van der Waals surface area contributed by atoms with Gasteiger partial charge >= 0.3 is 0 Å². The molecule has 0 aliphatic heterocycles. The lowest BCUT2D eigenvalue weighted by Crippen LogP contribution is -2.20. The molecule has 4 rings (SSSR count). The summed E-state index contributed by atoms with van der Waals surface area (Å²) in [6, 6.07) is 20.3. The Kier molecular flexibility index (Phi) is 4.42. The molecule has 0 aliphatic rings. The molecule has 130 valence electrons. The molecule has 7 heteroatoms. The number of para-hydroxylation sites is 1. The predicted molar refractivity (Wildman–Crippen MR) is 100 cm³/mol. The van der Waals surface area contributed by atoms with Crippen LogP contribution in [0.15, 0.2) is 65.3 Å². The molecule has 0 saturated carbocycles. The van der Waals surface area contributed by atoms with Gasteiger partial charge in [-0.15, -0.1) is 0 Å². The highest BCUT2D eigenvalue weighted by atomic mass is 16.6. The monoisotopic (exact) mass is 346 g/mol. The van der Waals surface area contributed by atoms with Crippen LogP contribution in [0.25, 0.3) is 11.3 Å². The summed E-state index contributed by atoms with van der Waals surface area (Å²) in [5.74, 6) is 1.19. The summed E-state index contributed by atoms with van der Waals surface area (Å²) < 4.78 is 4.75. The Labute approximate surface area is 150 Å². The van der Waals surface area contributed by atoms with Gasteiger partial charge in [-0.05, 0) is 41.4 Å². The molecule has 0 fully saturated rings. The molecule has 4 aromatic rings. The van der Waals surface area contributed by atoms with Crippen molar-refractivity contribution in [1.29, 1.82) is 0 Å². The highest BCUT2D eigenvalue weighted by molar-refractivity contribution is 5.76. The zero-order valence-corrected chi connectivity index (χ0v) is 14.3. The average Bonchev–Trinajstić information content (AvgIpc) is 3.11. The first kappa shape index (κ1) is 16.0. The van der Waals surface area contributed by atoms with E-state index in [2.05, 4.69) is 50.0 Å². The number of anilines is 3. The van der Waals surface area contributed by atoms with Crippen LogP contribution >= 0.6 is 0 Å². The topological polar surface area (TPSA) is 88.8 Å². The van der Waals surface area contributed by atoms with Gasteiger partial charge in [-0.25, -0.2) is 14.6 Å². The standard InChI is InChI=1S/C19H18N6O/c1-13(12-14-8-4-2-5-9-14)20-16-17(21-15-10-6-3-7-11-15)23-19-18(22-16)24-26-25-19/h2-11,13H,12H2,1H3,(H,20,22,24)(H,21,23,25)/t13-/m1/s1. The summed E-state index contributed by atoms with van der Waals surface area (Å²) in [7, 11) is 0. The van der Waals surface area contributed by atoms with E-state index in [1.165, 1.54) is 5.56 Å². The van der Waals surface area contributed by atoms with Gasteiger partial charge in [-0.1, -0.05) is 48.5 Å². The SMILES string of the molecule is C[C@H](Cc1ccccc1)Nc1nc2nonc2nc1Nc1ccccc1. The Morgan fingerprint density at radius 2 is 1.46 bits per heavy atom. The van der Waals surface area contributed by atoms with Crippen molar-refractivity contribution in [1.82, 2.24) is 20.3 Å². The number of hydrogen-bond donors (Lipinski definition) is 2. The van der Waals surface area contributed by atoms with E-state index in [0.717, 1.165) is 12.1 Å². The highest BCUT2D eigenvalue weighted by Crippen LogP contribution is 2.24. The summed E-state index contributed by atoms with van der Waals surface area (Å²) in [6.45, 7) is 2.10. The van der Waals surface area contributed by atoms with Crippen LogP contribution in [-0.4, -0.2) is 26.3 Å². The number of benzene rings is 2. The van der Waals surface area contributed by atoms with Gasteiger partial charge < -0.3 is 10.6 Å². The molecule has 1 atom stereocenters. The summed E-state index contributed by atoms with van der Waals surface area (Å²) in [5, 5.41) is 14.3. The molecular formula is C19H18N6O. The van der Waals surface area contributed by atoms with Crippen LogP contribution in [-0.2, 0) is 6.42 Å². The van der Waals surface area contributed by atoms with Crippen LogP contribution in [0.3, 0.4) is 0 Å². The molecule has 2 heterocycles. The molecule has 0 amide bonds. The van der Waals surface area contributed by atoms with Gasteiger partial charge in [0.1, 0.15) is 0 Å². The van der Waals surface area contributed by atoms with Crippen LogP contribution in [0.1, 0.15) is 12.5 Å². The number of rotatable bonds is 6. The van der Waals surface area contributed by atoms with Crippen LogP contribution < -0.4 is 10.6 Å². The third kappa shape index (κ3) is 3.61. The Balaban J connectivity index is 1.60. The van der Waals surface area contributed by atoms with E-state index in [0.29, 0.717) is 22.9 Å². The van der Waals surface area contributed by atoms with E-state index in [9.17, 15) is 0 Å². The van der Waals surface area contributed by atoms with Gasteiger partial charge in [0.25, 0.3) is 0 Å². The smallest absolute Gasteiger partial charge is 0.245 e. The Morgan fingerprint density at radius 3 is 2.15 bits per heavy atom. The fraction of sp³-hybridized carbons (Fsp3) is 0.158.